The summed E-state index contributed by atoms with van der Waals surface area (Å²) >= 11 is 1.30. The summed E-state index contributed by atoms with van der Waals surface area (Å²) in [7, 11) is -3.68. The third kappa shape index (κ3) is 4.71. The Balaban J connectivity index is 1.57. The number of anilines is 1. The Morgan fingerprint density at radius 1 is 1.06 bits per heavy atom. The number of carbonyl (C=O) groups excluding carboxylic acids is 2. The molecule has 2 aromatic carbocycles. The molecule has 0 aliphatic carbocycles. The van der Waals surface area contributed by atoms with Gasteiger partial charge in [-0.25, -0.2) is 8.42 Å². The van der Waals surface area contributed by atoms with E-state index in [-0.39, 0.29) is 22.9 Å². The number of primary amides is 1. The number of aryl methyl sites for hydroxylation is 1. The van der Waals surface area contributed by atoms with E-state index in [9.17, 15) is 18.0 Å². The number of hydrogen-bond acceptors (Lipinski definition) is 5. The molecule has 3 aromatic rings. The van der Waals surface area contributed by atoms with Crippen LogP contribution in [-0.4, -0.2) is 37.6 Å². The molecule has 1 saturated heterocycles. The molecule has 1 aromatic heterocycles. The molecule has 7 nitrogen and oxygen atoms in total. The van der Waals surface area contributed by atoms with Gasteiger partial charge in [0.25, 0.3) is 5.91 Å². The van der Waals surface area contributed by atoms with Gasteiger partial charge in [-0.1, -0.05) is 48.5 Å². The number of thiophene rings is 1. The van der Waals surface area contributed by atoms with Crippen molar-refractivity contribution in [1.82, 2.24) is 4.31 Å². The summed E-state index contributed by atoms with van der Waals surface area (Å²) in [5, 5.41) is 3.26. The van der Waals surface area contributed by atoms with Gasteiger partial charge in [-0.2, -0.15) is 4.31 Å². The fourth-order valence-electron chi connectivity index (χ4n) is 4.15. The minimum atomic E-state index is -3.68. The second-order valence-corrected chi connectivity index (χ2v) is 11.1. The highest BCUT2D eigenvalue weighted by molar-refractivity contribution is 7.89. The first-order chi connectivity index (χ1) is 15.8. The van der Waals surface area contributed by atoms with Crippen molar-refractivity contribution in [3.8, 4) is 11.1 Å². The summed E-state index contributed by atoms with van der Waals surface area (Å²) in [4.78, 5) is 26.5. The number of benzene rings is 2. The zero-order valence-electron chi connectivity index (χ0n) is 18.2. The Bertz CT molecular complexity index is 1270. The lowest BCUT2D eigenvalue weighted by atomic mass is 9.98. The Morgan fingerprint density at radius 2 is 1.70 bits per heavy atom. The number of rotatable bonds is 6. The monoisotopic (exact) mass is 483 g/mol. The van der Waals surface area contributed by atoms with Crippen LogP contribution in [0.15, 0.2) is 65.6 Å². The van der Waals surface area contributed by atoms with Gasteiger partial charge in [-0.05, 0) is 37.5 Å². The van der Waals surface area contributed by atoms with Gasteiger partial charge in [-0.15, -0.1) is 11.3 Å². The summed E-state index contributed by atoms with van der Waals surface area (Å²) in [6.45, 7) is 2.33. The Hall–Kier alpha value is -3.01. The van der Waals surface area contributed by atoms with E-state index >= 15 is 0 Å². The highest BCUT2D eigenvalue weighted by atomic mass is 32.2. The molecule has 1 atom stereocenters. The quantitative estimate of drug-likeness (QED) is 0.555. The van der Waals surface area contributed by atoms with Crippen LogP contribution in [0.4, 0.5) is 5.00 Å². The number of sulfonamides is 1. The number of piperidine rings is 1. The van der Waals surface area contributed by atoms with E-state index < -0.39 is 21.8 Å². The molecule has 0 saturated carbocycles. The first-order valence-corrected chi connectivity index (χ1v) is 12.9. The Kier molecular flexibility index (Phi) is 6.64. The molecule has 0 spiro atoms. The van der Waals surface area contributed by atoms with Crippen LogP contribution in [0, 0.1) is 12.8 Å². The molecule has 4 rings (SSSR count). The van der Waals surface area contributed by atoms with Crippen molar-refractivity contribution in [3.05, 3.63) is 71.1 Å². The molecule has 1 unspecified atom stereocenters. The molecule has 33 heavy (non-hydrogen) atoms. The number of carbonyl (C=O) groups is 2. The van der Waals surface area contributed by atoms with Gasteiger partial charge in [0.15, 0.2) is 0 Å². The molecule has 9 heteroatoms. The average Bonchev–Trinajstić information content (AvgIpc) is 3.16. The van der Waals surface area contributed by atoms with E-state index in [0.29, 0.717) is 30.0 Å². The number of nitrogens with zero attached hydrogens (tertiary/aromatic N) is 1. The number of hydrogen-bond donors (Lipinski definition) is 2. The summed E-state index contributed by atoms with van der Waals surface area (Å²) in [5.41, 5.74) is 7.53. The maximum Gasteiger partial charge on any atom is 0.252 e. The molecule has 2 amide bonds. The third-order valence-corrected chi connectivity index (χ3v) is 8.67. The zero-order chi connectivity index (χ0) is 23.6. The van der Waals surface area contributed by atoms with E-state index in [1.165, 1.54) is 15.6 Å². The third-order valence-electron chi connectivity index (χ3n) is 5.77. The summed E-state index contributed by atoms with van der Waals surface area (Å²) in [6, 6.07) is 17.6. The Labute approximate surface area is 197 Å². The minimum Gasteiger partial charge on any atom is -0.365 e. The maximum atomic E-state index is 13.1. The highest BCUT2D eigenvalue weighted by Gasteiger charge is 2.34. The smallest absolute Gasteiger partial charge is 0.252 e. The topological polar surface area (TPSA) is 110 Å². The molecule has 2 heterocycles. The van der Waals surface area contributed by atoms with Crippen molar-refractivity contribution >= 4 is 38.2 Å². The fourth-order valence-corrected chi connectivity index (χ4v) is 6.78. The van der Waals surface area contributed by atoms with Gasteiger partial charge in [-0.3, -0.25) is 9.59 Å². The van der Waals surface area contributed by atoms with Crippen molar-refractivity contribution in [2.75, 3.05) is 18.4 Å². The van der Waals surface area contributed by atoms with Gasteiger partial charge < -0.3 is 11.1 Å². The van der Waals surface area contributed by atoms with E-state index in [1.54, 1.807) is 30.3 Å². The van der Waals surface area contributed by atoms with Crippen LogP contribution in [0.5, 0.6) is 0 Å². The van der Waals surface area contributed by atoms with Crippen LogP contribution >= 0.6 is 11.3 Å². The van der Waals surface area contributed by atoms with Crippen molar-refractivity contribution in [2.45, 2.75) is 24.7 Å². The van der Waals surface area contributed by atoms with Gasteiger partial charge in [0.1, 0.15) is 5.00 Å². The molecular formula is C24H25N3O4S2. The van der Waals surface area contributed by atoms with Crippen LogP contribution in [0.25, 0.3) is 11.1 Å². The molecule has 1 aliphatic heterocycles. The standard InChI is InChI=1S/C24H25N3O4S2/c1-16-20(17-9-4-2-5-10-17)21(22(25)28)24(32-16)26-23(29)18-11-8-14-27(15-18)33(30,31)19-12-6-3-7-13-19/h2-7,9-10,12-13,18H,8,11,14-15H2,1H3,(H2,25,28)(H,26,29). The first-order valence-electron chi connectivity index (χ1n) is 10.6. The second-order valence-electron chi connectivity index (χ2n) is 7.97. The van der Waals surface area contributed by atoms with Crippen LogP contribution in [0.1, 0.15) is 28.1 Å². The average molecular weight is 484 g/mol. The predicted octanol–water partition coefficient (Wildman–Crippen LogP) is 3.86. The summed E-state index contributed by atoms with van der Waals surface area (Å²) in [6.07, 6.45) is 1.14. The molecular weight excluding hydrogens is 458 g/mol. The number of amides is 2. The van der Waals surface area contributed by atoms with Gasteiger partial charge in [0.2, 0.25) is 15.9 Å². The lowest BCUT2D eigenvalue weighted by Gasteiger charge is -2.31. The lowest BCUT2D eigenvalue weighted by molar-refractivity contribution is -0.120. The van der Waals surface area contributed by atoms with Crippen molar-refractivity contribution in [3.63, 3.8) is 0 Å². The van der Waals surface area contributed by atoms with Crippen molar-refractivity contribution in [1.29, 1.82) is 0 Å². The van der Waals surface area contributed by atoms with Gasteiger partial charge in [0, 0.05) is 23.5 Å². The first kappa shape index (κ1) is 23.2. The molecule has 172 valence electrons. The lowest BCUT2D eigenvalue weighted by Crippen LogP contribution is -2.43. The van der Waals surface area contributed by atoms with Crippen LogP contribution in [0.2, 0.25) is 0 Å². The molecule has 3 N–H and O–H groups in total. The maximum absolute atomic E-state index is 13.1. The van der Waals surface area contributed by atoms with Crippen molar-refractivity contribution < 1.29 is 18.0 Å². The largest absolute Gasteiger partial charge is 0.365 e. The van der Waals surface area contributed by atoms with Crippen LogP contribution < -0.4 is 11.1 Å². The van der Waals surface area contributed by atoms with Gasteiger partial charge in [0.05, 0.1) is 16.4 Å². The second kappa shape index (κ2) is 9.46. The van der Waals surface area contributed by atoms with Crippen LogP contribution in [0.3, 0.4) is 0 Å². The molecule has 1 aliphatic rings. The molecule has 1 fully saturated rings. The van der Waals surface area contributed by atoms with E-state index in [1.807, 2.05) is 37.3 Å². The summed E-state index contributed by atoms with van der Waals surface area (Å²) in [5.74, 6) is -1.46. The summed E-state index contributed by atoms with van der Waals surface area (Å²) < 4.78 is 27.4. The van der Waals surface area contributed by atoms with E-state index in [4.69, 9.17) is 5.73 Å². The Morgan fingerprint density at radius 3 is 2.33 bits per heavy atom. The number of nitrogens with two attached hydrogens (primary N) is 1. The van der Waals surface area contributed by atoms with E-state index in [2.05, 4.69) is 5.32 Å². The fraction of sp³-hybridized carbons (Fsp3) is 0.250. The SMILES string of the molecule is Cc1sc(NC(=O)C2CCCN(S(=O)(=O)c3ccccc3)C2)c(C(N)=O)c1-c1ccccc1. The molecule has 0 bridgehead atoms. The zero-order valence-corrected chi connectivity index (χ0v) is 19.8. The predicted molar refractivity (Wildman–Crippen MR) is 130 cm³/mol. The normalized spacial score (nSPS) is 16.9. The number of nitrogens with one attached hydrogen (secondary N) is 1. The van der Waals surface area contributed by atoms with Crippen LogP contribution in [-0.2, 0) is 14.8 Å². The van der Waals surface area contributed by atoms with E-state index in [0.717, 1.165) is 10.4 Å². The minimum absolute atomic E-state index is 0.0882. The van der Waals surface area contributed by atoms with Crippen molar-refractivity contribution in [2.24, 2.45) is 11.7 Å². The molecule has 0 radical (unpaired) electrons. The van der Waals surface area contributed by atoms with Gasteiger partial charge >= 0.3 is 0 Å². The highest BCUT2D eigenvalue weighted by Crippen LogP contribution is 2.40.